The molecule has 0 bridgehead atoms. The van der Waals surface area contributed by atoms with Crippen molar-refractivity contribution in [2.45, 2.75) is 17.7 Å². The number of nitrogens with zero attached hydrogens (tertiary/aromatic N) is 3. The predicted molar refractivity (Wildman–Crippen MR) is 111 cm³/mol. The molecule has 0 spiro atoms. The number of piperidine rings is 1. The molecule has 2 saturated heterocycles. The summed E-state index contributed by atoms with van der Waals surface area (Å²) in [7, 11) is -7.22. The minimum absolute atomic E-state index is 0.0547. The summed E-state index contributed by atoms with van der Waals surface area (Å²) in [5.74, 6) is -0.536. The molecule has 1 atom stereocenters. The monoisotopic (exact) mass is 483 g/mol. The molecule has 1 unspecified atom stereocenters. The van der Waals surface area contributed by atoms with Crippen molar-refractivity contribution in [2.75, 3.05) is 45.5 Å². The number of sulfonamides is 2. The summed E-state index contributed by atoms with van der Waals surface area (Å²) >= 11 is 12.1. The van der Waals surface area contributed by atoms with E-state index < -0.39 is 26.0 Å². The Morgan fingerprint density at radius 3 is 2.10 bits per heavy atom. The molecule has 2 aliphatic heterocycles. The highest BCUT2D eigenvalue weighted by Crippen LogP contribution is 2.32. The minimum atomic E-state index is -3.88. The van der Waals surface area contributed by atoms with E-state index in [4.69, 9.17) is 23.2 Å². The van der Waals surface area contributed by atoms with E-state index in [0.717, 1.165) is 6.26 Å². The number of amides is 1. The number of carbonyl (C=O) groups is 1. The van der Waals surface area contributed by atoms with Crippen LogP contribution in [0, 0.1) is 5.92 Å². The highest BCUT2D eigenvalue weighted by Gasteiger charge is 2.36. The Labute approximate surface area is 181 Å². The molecule has 8 nitrogen and oxygen atoms in total. The Bertz CT molecular complexity index is 972. The van der Waals surface area contributed by atoms with Gasteiger partial charge < -0.3 is 4.90 Å². The zero-order valence-corrected chi connectivity index (χ0v) is 19.1. The van der Waals surface area contributed by atoms with E-state index in [1.54, 1.807) is 11.0 Å². The summed E-state index contributed by atoms with van der Waals surface area (Å²) in [6.45, 7) is 1.31. The third-order valence-electron chi connectivity index (χ3n) is 5.27. The van der Waals surface area contributed by atoms with Gasteiger partial charge in [0.05, 0.1) is 22.2 Å². The second kappa shape index (κ2) is 8.68. The normalized spacial score (nSPS) is 22.6. The van der Waals surface area contributed by atoms with Crippen LogP contribution in [-0.4, -0.2) is 81.8 Å². The molecule has 1 aromatic rings. The summed E-state index contributed by atoms with van der Waals surface area (Å²) in [6, 6.07) is 4.51. The molecule has 2 heterocycles. The Morgan fingerprint density at radius 1 is 0.966 bits per heavy atom. The van der Waals surface area contributed by atoms with E-state index in [1.807, 2.05) is 0 Å². The molecule has 12 heteroatoms. The lowest BCUT2D eigenvalue weighted by Crippen LogP contribution is -2.54. The third kappa shape index (κ3) is 4.88. The Hall–Kier alpha value is -0.910. The molecule has 3 rings (SSSR count). The second-order valence-electron chi connectivity index (χ2n) is 7.24. The predicted octanol–water partition coefficient (Wildman–Crippen LogP) is 1.50. The number of hydrogen-bond acceptors (Lipinski definition) is 5. The standard InChI is InChI=1S/C17H23Cl2N3O5S2/c1-28(24,25)22-7-3-4-13(12-22)17(23)20-8-10-21(11-9-20)29(26,27)16-14(18)5-2-6-15(16)19/h2,5-6,13H,3-4,7-12H2,1H3. The fraction of sp³-hybridized carbons (Fsp3) is 0.588. The van der Waals surface area contributed by atoms with Crippen molar-refractivity contribution < 1.29 is 21.6 Å². The average Bonchev–Trinajstić information content (AvgIpc) is 2.66. The summed E-state index contributed by atoms with van der Waals surface area (Å²) < 4.78 is 52.0. The van der Waals surface area contributed by atoms with Crippen molar-refractivity contribution in [1.82, 2.24) is 13.5 Å². The van der Waals surface area contributed by atoms with Gasteiger partial charge in [0.2, 0.25) is 26.0 Å². The van der Waals surface area contributed by atoms with Crippen molar-refractivity contribution in [3.05, 3.63) is 28.2 Å². The van der Waals surface area contributed by atoms with Crippen molar-refractivity contribution >= 4 is 49.2 Å². The summed E-state index contributed by atoms with van der Waals surface area (Å²) in [4.78, 5) is 14.3. The number of carbonyl (C=O) groups excluding carboxylic acids is 1. The second-order valence-corrected chi connectivity index (χ2v) is 11.9. The van der Waals surface area contributed by atoms with Gasteiger partial charge in [-0.05, 0) is 25.0 Å². The third-order valence-corrected chi connectivity index (χ3v) is 9.39. The Kier molecular flexibility index (Phi) is 6.82. The van der Waals surface area contributed by atoms with Crippen molar-refractivity contribution in [3.8, 4) is 0 Å². The van der Waals surface area contributed by atoms with Crippen LogP contribution >= 0.6 is 23.2 Å². The smallest absolute Gasteiger partial charge is 0.246 e. The molecule has 0 saturated carbocycles. The highest BCUT2D eigenvalue weighted by atomic mass is 35.5. The average molecular weight is 484 g/mol. The van der Waals surface area contributed by atoms with Crippen molar-refractivity contribution in [1.29, 1.82) is 0 Å². The first-order valence-electron chi connectivity index (χ1n) is 9.20. The molecular weight excluding hydrogens is 461 g/mol. The van der Waals surface area contributed by atoms with Crippen LogP contribution in [0.4, 0.5) is 0 Å². The quantitative estimate of drug-likeness (QED) is 0.646. The van der Waals surface area contributed by atoms with Gasteiger partial charge in [-0.3, -0.25) is 4.79 Å². The highest BCUT2D eigenvalue weighted by molar-refractivity contribution is 7.89. The van der Waals surface area contributed by atoms with Gasteiger partial charge >= 0.3 is 0 Å². The molecule has 162 valence electrons. The van der Waals surface area contributed by atoms with Crippen LogP contribution in [0.3, 0.4) is 0 Å². The van der Waals surface area contributed by atoms with Crippen LogP contribution in [0.25, 0.3) is 0 Å². The first-order chi connectivity index (χ1) is 13.5. The number of hydrogen-bond donors (Lipinski definition) is 0. The van der Waals surface area contributed by atoms with Crippen molar-refractivity contribution in [3.63, 3.8) is 0 Å². The maximum Gasteiger partial charge on any atom is 0.246 e. The fourth-order valence-corrected chi connectivity index (χ4v) is 7.14. The molecule has 2 fully saturated rings. The van der Waals surface area contributed by atoms with E-state index in [1.165, 1.54) is 20.7 Å². The topological polar surface area (TPSA) is 95.1 Å². The van der Waals surface area contributed by atoms with Gasteiger partial charge in [-0.15, -0.1) is 0 Å². The van der Waals surface area contributed by atoms with E-state index in [0.29, 0.717) is 19.4 Å². The first kappa shape index (κ1) is 22.8. The number of halogens is 2. The fourth-order valence-electron chi connectivity index (χ4n) is 3.71. The zero-order chi connectivity index (χ0) is 21.4. The maximum absolute atomic E-state index is 12.9. The van der Waals surface area contributed by atoms with Crippen LogP contribution in [-0.2, 0) is 24.8 Å². The first-order valence-corrected chi connectivity index (χ1v) is 13.2. The van der Waals surface area contributed by atoms with Gasteiger partial charge in [0.1, 0.15) is 4.90 Å². The summed E-state index contributed by atoms with van der Waals surface area (Å²) in [5, 5.41) is 0.109. The van der Waals surface area contributed by atoms with Crippen molar-refractivity contribution in [2.24, 2.45) is 5.92 Å². The van der Waals surface area contributed by atoms with Crippen LogP contribution in [0.15, 0.2) is 23.1 Å². The Balaban J connectivity index is 1.67. The molecular formula is C17H23Cl2N3O5S2. The van der Waals surface area contributed by atoms with Crippen LogP contribution in [0.2, 0.25) is 10.0 Å². The molecule has 1 aromatic carbocycles. The van der Waals surface area contributed by atoms with Gasteiger partial charge in [-0.25, -0.2) is 21.1 Å². The van der Waals surface area contributed by atoms with Gasteiger partial charge in [-0.2, -0.15) is 4.31 Å². The molecule has 2 aliphatic rings. The lowest BCUT2D eigenvalue weighted by molar-refractivity contribution is -0.137. The van der Waals surface area contributed by atoms with E-state index in [2.05, 4.69) is 0 Å². The van der Waals surface area contributed by atoms with Gasteiger partial charge in [0.25, 0.3) is 0 Å². The zero-order valence-electron chi connectivity index (χ0n) is 15.9. The molecule has 0 N–H and O–H groups in total. The molecule has 1 amide bonds. The van der Waals surface area contributed by atoms with E-state index in [9.17, 15) is 21.6 Å². The number of rotatable bonds is 4. The van der Waals surface area contributed by atoms with Crippen LogP contribution in [0.5, 0.6) is 0 Å². The maximum atomic E-state index is 12.9. The summed E-state index contributed by atoms with van der Waals surface area (Å²) in [6.07, 6.45) is 2.39. The number of piperazine rings is 1. The van der Waals surface area contributed by atoms with Gasteiger partial charge in [0.15, 0.2) is 0 Å². The van der Waals surface area contributed by atoms with Gasteiger partial charge in [0, 0.05) is 39.3 Å². The minimum Gasteiger partial charge on any atom is -0.340 e. The largest absolute Gasteiger partial charge is 0.340 e. The van der Waals surface area contributed by atoms with Gasteiger partial charge in [-0.1, -0.05) is 29.3 Å². The lowest BCUT2D eigenvalue weighted by Gasteiger charge is -2.38. The number of benzene rings is 1. The van der Waals surface area contributed by atoms with Crippen LogP contribution < -0.4 is 0 Å². The van der Waals surface area contributed by atoms with E-state index >= 15 is 0 Å². The SMILES string of the molecule is CS(=O)(=O)N1CCCC(C(=O)N2CCN(S(=O)(=O)c3c(Cl)cccc3Cl)CC2)C1. The Morgan fingerprint density at radius 2 is 1.55 bits per heavy atom. The molecule has 0 radical (unpaired) electrons. The molecule has 0 aromatic heterocycles. The van der Waals surface area contributed by atoms with Crippen LogP contribution in [0.1, 0.15) is 12.8 Å². The van der Waals surface area contributed by atoms with E-state index in [-0.39, 0.29) is 53.6 Å². The lowest BCUT2D eigenvalue weighted by atomic mass is 9.98. The summed E-state index contributed by atoms with van der Waals surface area (Å²) in [5.41, 5.74) is 0. The molecule has 0 aliphatic carbocycles. The molecule has 29 heavy (non-hydrogen) atoms.